The second-order valence-corrected chi connectivity index (χ2v) is 15.9. The van der Waals surface area contributed by atoms with Crippen molar-refractivity contribution in [1.29, 1.82) is 0 Å². The van der Waals surface area contributed by atoms with Crippen LogP contribution in [0.3, 0.4) is 0 Å². The van der Waals surface area contributed by atoms with Crippen molar-refractivity contribution in [1.82, 2.24) is 36.8 Å². The molecule has 0 aliphatic carbocycles. The zero-order chi connectivity index (χ0) is 43.8. The predicted octanol–water partition coefficient (Wildman–Crippen LogP) is -0.899. The van der Waals surface area contributed by atoms with Gasteiger partial charge in [0.25, 0.3) is 0 Å². The molecule has 0 aromatic heterocycles. The number of carboxylic acids is 1. The molecule has 0 radical (unpaired) electrons. The minimum Gasteiger partial charge on any atom is -0.480 e. The SMILES string of the molecule is CC(=O)N[C@@H](CC(C)C)C(=O)N[C@@H](CC(C)C)C(=O)N[C@H]1CCC(=O)NCCO[C@@H]2C[C@@H](C(=O)O)N(C2)C(=O)[C@H]([C@@H](C)O)NC(=O)[C@H](COCc2ccccc2)NC1=O. The summed E-state index contributed by atoms with van der Waals surface area (Å²) in [5, 5.41) is 36.3. The quantitative estimate of drug-likeness (QED) is 0.107. The molecule has 0 spiro atoms. The van der Waals surface area contributed by atoms with Crippen molar-refractivity contribution in [3.63, 3.8) is 0 Å². The van der Waals surface area contributed by atoms with Gasteiger partial charge in [0, 0.05) is 32.9 Å². The van der Waals surface area contributed by atoms with E-state index in [4.69, 9.17) is 9.47 Å². The number of rotatable bonds is 15. The van der Waals surface area contributed by atoms with Gasteiger partial charge in [0.15, 0.2) is 0 Å². The molecule has 19 nitrogen and oxygen atoms in total. The number of hydrogen-bond acceptors (Lipinski definition) is 11. The van der Waals surface area contributed by atoms with Gasteiger partial charge in [-0.25, -0.2) is 4.79 Å². The number of aliphatic hydroxyl groups is 1. The zero-order valence-corrected chi connectivity index (χ0v) is 34.7. The van der Waals surface area contributed by atoms with Gasteiger partial charge in [0.2, 0.25) is 41.4 Å². The van der Waals surface area contributed by atoms with Crippen LogP contribution < -0.4 is 31.9 Å². The van der Waals surface area contributed by atoms with Crippen molar-refractivity contribution in [3.05, 3.63) is 35.9 Å². The largest absolute Gasteiger partial charge is 0.480 e. The minimum atomic E-state index is -1.64. The summed E-state index contributed by atoms with van der Waals surface area (Å²) in [6.45, 7) is 9.31. The summed E-state index contributed by atoms with van der Waals surface area (Å²) in [7, 11) is 0. The number of hydrogen-bond donors (Lipinski definition) is 8. The van der Waals surface area contributed by atoms with Gasteiger partial charge in [-0.3, -0.25) is 33.6 Å². The predicted molar refractivity (Wildman–Crippen MR) is 212 cm³/mol. The first kappa shape index (κ1) is 48.2. The molecule has 0 unspecified atom stereocenters. The van der Waals surface area contributed by atoms with Gasteiger partial charge in [0.1, 0.15) is 36.3 Å². The maximum Gasteiger partial charge on any atom is 0.326 e. The molecule has 7 amide bonds. The number of ether oxygens (including phenoxy) is 2. The van der Waals surface area contributed by atoms with E-state index in [0.717, 1.165) is 10.5 Å². The summed E-state index contributed by atoms with van der Waals surface area (Å²) in [5.41, 5.74) is 0.741. The van der Waals surface area contributed by atoms with E-state index < -0.39 is 102 Å². The van der Waals surface area contributed by atoms with Gasteiger partial charge in [-0.05, 0) is 43.6 Å². The van der Waals surface area contributed by atoms with E-state index in [1.807, 2.05) is 27.7 Å². The minimum absolute atomic E-state index is 0.00571. The zero-order valence-electron chi connectivity index (χ0n) is 34.7. The number of amides is 7. The molecule has 2 saturated heterocycles. The molecule has 1 aromatic carbocycles. The van der Waals surface area contributed by atoms with Crippen LogP contribution in [0.15, 0.2) is 30.3 Å². The number of fused-ring (bicyclic) bond motifs is 2. The Labute approximate surface area is 344 Å². The lowest BCUT2D eigenvalue weighted by Gasteiger charge is -2.30. The van der Waals surface area contributed by atoms with Crippen LogP contribution in [0.4, 0.5) is 0 Å². The Morgan fingerprint density at radius 2 is 1.56 bits per heavy atom. The fraction of sp³-hybridized carbons (Fsp3) is 0.650. The molecule has 2 bridgehead atoms. The molecule has 328 valence electrons. The molecule has 8 N–H and O–H groups in total. The third-order valence-electron chi connectivity index (χ3n) is 9.72. The first-order valence-corrected chi connectivity index (χ1v) is 20.1. The monoisotopic (exact) mass is 831 g/mol. The highest BCUT2D eigenvalue weighted by Gasteiger charge is 2.44. The summed E-state index contributed by atoms with van der Waals surface area (Å²) < 4.78 is 11.6. The van der Waals surface area contributed by atoms with Crippen molar-refractivity contribution < 1.29 is 58.0 Å². The van der Waals surface area contributed by atoms with Crippen LogP contribution in [0.5, 0.6) is 0 Å². The van der Waals surface area contributed by atoms with Crippen LogP contribution >= 0.6 is 0 Å². The normalized spacial score (nSPS) is 23.8. The lowest BCUT2D eigenvalue weighted by Crippen LogP contribution is -2.62. The molecule has 2 fully saturated rings. The third kappa shape index (κ3) is 15.9. The van der Waals surface area contributed by atoms with Gasteiger partial charge in [0.05, 0.1) is 32.0 Å². The van der Waals surface area contributed by atoms with Crippen LogP contribution in [0.1, 0.15) is 79.2 Å². The van der Waals surface area contributed by atoms with E-state index >= 15 is 0 Å². The maximum absolute atomic E-state index is 14.1. The summed E-state index contributed by atoms with van der Waals surface area (Å²) in [4.78, 5) is 107. The van der Waals surface area contributed by atoms with Gasteiger partial charge in [-0.2, -0.15) is 0 Å². The van der Waals surface area contributed by atoms with Crippen molar-refractivity contribution in [2.45, 2.75) is 129 Å². The van der Waals surface area contributed by atoms with Crippen molar-refractivity contribution in [3.8, 4) is 0 Å². The Morgan fingerprint density at radius 1 is 0.915 bits per heavy atom. The van der Waals surface area contributed by atoms with Gasteiger partial charge >= 0.3 is 5.97 Å². The number of aliphatic hydroxyl groups excluding tert-OH is 1. The Hall–Kier alpha value is -5.14. The average Bonchev–Trinajstić information content (AvgIpc) is 3.60. The summed E-state index contributed by atoms with van der Waals surface area (Å²) in [6.07, 6.45) is -2.38. The van der Waals surface area contributed by atoms with Crippen LogP contribution in [-0.2, 0) is 54.4 Å². The Bertz CT molecular complexity index is 1630. The number of nitrogens with zero attached hydrogens (tertiary/aromatic N) is 1. The molecule has 2 heterocycles. The average molecular weight is 832 g/mol. The van der Waals surface area contributed by atoms with Crippen molar-refractivity contribution >= 4 is 47.3 Å². The molecule has 8 atom stereocenters. The van der Waals surface area contributed by atoms with Crippen LogP contribution in [0.25, 0.3) is 0 Å². The van der Waals surface area contributed by atoms with E-state index in [-0.39, 0.29) is 63.8 Å². The molecule has 2 aliphatic rings. The molecule has 59 heavy (non-hydrogen) atoms. The fourth-order valence-corrected chi connectivity index (χ4v) is 6.79. The Kier molecular flexibility index (Phi) is 19.2. The van der Waals surface area contributed by atoms with Crippen molar-refractivity contribution in [2.24, 2.45) is 11.8 Å². The standard InChI is InChI=1S/C40H61N7O12/c1-22(2)16-29(42-25(6)49)36(52)44-30(17-23(3)4)37(53)43-28-12-13-33(50)41-14-15-59-27-18-32(40(56)57)47(19-27)39(55)34(24(5)48)46-38(54)31(45-35(28)51)21-58-20-26-10-8-7-9-11-26/h7-11,22-24,27-32,34,48H,12-21H2,1-6H3,(H,41,50)(H,42,49)(H,43,53)(H,44,52)(H,45,51)(H,46,54)(H,56,57)/t24-,27-,28+,29+,30+,31+,32+,34+/m1/s1. The summed E-state index contributed by atoms with van der Waals surface area (Å²) in [5.74, 6) is -6.46. The van der Waals surface area contributed by atoms with E-state index in [9.17, 15) is 48.6 Å². The number of nitrogens with one attached hydrogen (secondary N) is 6. The van der Waals surface area contributed by atoms with E-state index in [2.05, 4.69) is 31.9 Å². The number of carbonyl (C=O) groups excluding carboxylic acids is 7. The highest BCUT2D eigenvalue weighted by molar-refractivity contribution is 5.97. The topological polar surface area (TPSA) is 271 Å². The van der Waals surface area contributed by atoms with Crippen LogP contribution in [0, 0.1) is 11.8 Å². The van der Waals surface area contributed by atoms with Gasteiger partial charge < -0.3 is 56.5 Å². The van der Waals surface area contributed by atoms with E-state index in [1.165, 1.54) is 13.8 Å². The Morgan fingerprint density at radius 3 is 2.15 bits per heavy atom. The van der Waals surface area contributed by atoms with E-state index in [1.54, 1.807) is 30.3 Å². The summed E-state index contributed by atoms with van der Waals surface area (Å²) in [6, 6.07) is 0.898. The number of carbonyl (C=O) groups is 8. The third-order valence-corrected chi connectivity index (χ3v) is 9.72. The lowest BCUT2D eigenvalue weighted by molar-refractivity contribution is -0.151. The first-order chi connectivity index (χ1) is 27.9. The lowest BCUT2D eigenvalue weighted by atomic mass is 9.99. The second-order valence-electron chi connectivity index (χ2n) is 15.9. The highest BCUT2D eigenvalue weighted by Crippen LogP contribution is 2.23. The molecular formula is C40H61N7O12. The molecule has 1 aromatic rings. The van der Waals surface area contributed by atoms with E-state index in [0.29, 0.717) is 6.42 Å². The number of benzene rings is 1. The number of aliphatic carboxylic acids is 1. The van der Waals surface area contributed by atoms with Crippen molar-refractivity contribution in [2.75, 3.05) is 26.3 Å². The summed E-state index contributed by atoms with van der Waals surface area (Å²) >= 11 is 0. The maximum atomic E-state index is 14.1. The first-order valence-electron chi connectivity index (χ1n) is 20.1. The molecule has 19 heteroatoms. The number of carboxylic acid groups (broad SMARTS) is 1. The van der Waals surface area contributed by atoms with Crippen LogP contribution in [0.2, 0.25) is 0 Å². The van der Waals surface area contributed by atoms with Crippen LogP contribution in [-0.4, -0.2) is 137 Å². The highest BCUT2D eigenvalue weighted by atomic mass is 16.5. The van der Waals surface area contributed by atoms with Gasteiger partial charge in [-0.15, -0.1) is 0 Å². The van der Waals surface area contributed by atoms with Gasteiger partial charge in [-0.1, -0.05) is 58.0 Å². The molecular weight excluding hydrogens is 770 g/mol. The fourth-order valence-electron chi connectivity index (χ4n) is 6.79. The molecule has 2 aliphatic heterocycles. The molecule has 3 rings (SSSR count). The Balaban J connectivity index is 1.96. The smallest absolute Gasteiger partial charge is 0.326 e. The second kappa shape index (κ2) is 23.5. The molecule has 0 saturated carbocycles.